The fourth-order valence-electron chi connectivity index (χ4n) is 5.10. The van der Waals surface area contributed by atoms with Crippen molar-refractivity contribution in [1.82, 2.24) is 19.9 Å². The van der Waals surface area contributed by atoms with Gasteiger partial charge in [-0.25, -0.2) is 19.9 Å². The molecular formula is C28H14N4. The van der Waals surface area contributed by atoms with Crippen molar-refractivity contribution in [3.8, 4) is 22.5 Å². The Morgan fingerprint density at radius 2 is 1.06 bits per heavy atom. The Balaban J connectivity index is 1.52. The van der Waals surface area contributed by atoms with Crippen LogP contribution in [0.15, 0.2) is 84.9 Å². The molecule has 5 aromatic carbocycles. The van der Waals surface area contributed by atoms with Gasteiger partial charge in [0.1, 0.15) is 0 Å². The van der Waals surface area contributed by atoms with Gasteiger partial charge in [-0.2, -0.15) is 0 Å². The monoisotopic (exact) mass is 406 g/mol. The molecule has 0 saturated heterocycles. The summed E-state index contributed by atoms with van der Waals surface area (Å²) in [7, 11) is 0. The van der Waals surface area contributed by atoms with Crippen molar-refractivity contribution in [3.05, 3.63) is 84.9 Å². The highest BCUT2D eigenvalue weighted by atomic mass is 14.9. The van der Waals surface area contributed by atoms with Crippen LogP contribution in [0.2, 0.25) is 0 Å². The average Bonchev–Trinajstić information content (AvgIpc) is 3.15. The van der Waals surface area contributed by atoms with E-state index < -0.39 is 0 Å². The Labute approximate surface area is 182 Å². The Morgan fingerprint density at radius 1 is 0.438 bits per heavy atom. The van der Waals surface area contributed by atoms with Gasteiger partial charge in [0.2, 0.25) is 0 Å². The number of aromatic nitrogens is 4. The van der Waals surface area contributed by atoms with Gasteiger partial charge in [0, 0.05) is 16.5 Å². The normalized spacial score (nSPS) is 12.4. The summed E-state index contributed by atoms with van der Waals surface area (Å²) in [5.41, 5.74) is 9.36. The maximum absolute atomic E-state index is 5.15. The standard InChI is InChI=1S/C28H14N4/c1-2-8-17-15(6-1)12-16-7-5-9-18-25(16)26(17)28-27(18)31-23-13-21-22(14-24(23)32-28)30-20-11-4-3-10-19(20)29-21/h1-14H. The first kappa shape index (κ1) is 16.3. The van der Waals surface area contributed by atoms with E-state index in [4.69, 9.17) is 19.9 Å². The fraction of sp³-hybridized carbons (Fsp3) is 0. The maximum Gasteiger partial charge on any atom is 0.0986 e. The van der Waals surface area contributed by atoms with Crippen LogP contribution in [0.1, 0.15) is 0 Å². The van der Waals surface area contributed by atoms with Gasteiger partial charge in [0.25, 0.3) is 0 Å². The van der Waals surface area contributed by atoms with E-state index in [1.807, 2.05) is 36.4 Å². The highest BCUT2D eigenvalue weighted by Crippen LogP contribution is 2.49. The highest BCUT2D eigenvalue weighted by Gasteiger charge is 2.27. The summed E-state index contributed by atoms with van der Waals surface area (Å²) in [6.07, 6.45) is 0. The van der Waals surface area contributed by atoms with E-state index in [0.29, 0.717) is 0 Å². The molecule has 2 aromatic heterocycles. The summed E-state index contributed by atoms with van der Waals surface area (Å²) in [6, 6.07) is 29.2. The third kappa shape index (κ3) is 2.01. The molecule has 0 fully saturated rings. The topological polar surface area (TPSA) is 51.6 Å². The quantitative estimate of drug-likeness (QED) is 0.264. The van der Waals surface area contributed by atoms with Crippen LogP contribution in [0.5, 0.6) is 0 Å². The summed E-state index contributed by atoms with van der Waals surface area (Å²) in [6.45, 7) is 0. The molecular weight excluding hydrogens is 392 g/mol. The second-order valence-electron chi connectivity index (χ2n) is 8.34. The van der Waals surface area contributed by atoms with Crippen molar-refractivity contribution < 1.29 is 0 Å². The van der Waals surface area contributed by atoms with Crippen LogP contribution in [0.4, 0.5) is 0 Å². The zero-order chi connectivity index (χ0) is 20.8. The van der Waals surface area contributed by atoms with Gasteiger partial charge in [-0.3, -0.25) is 0 Å². The first-order chi connectivity index (χ1) is 15.8. The second kappa shape index (κ2) is 5.62. The fourth-order valence-corrected chi connectivity index (χ4v) is 5.10. The number of hydrogen-bond donors (Lipinski definition) is 0. The summed E-state index contributed by atoms with van der Waals surface area (Å²) in [4.78, 5) is 19.9. The zero-order valence-corrected chi connectivity index (χ0v) is 16.9. The number of para-hydroxylation sites is 2. The van der Waals surface area contributed by atoms with Gasteiger partial charge >= 0.3 is 0 Å². The lowest BCUT2D eigenvalue weighted by molar-refractivity contribution is 1.31. The predicted molar refractivity (Wildman–Crippen MR) is 130 cm³/mol. The molecule has 0 N–H and O–H groups in total. The van der Waals surface area contributed by atoms with E-state index in [2.05, 4.69) is 48.5 Å². The summed E-state index contributed by atoms with van der Waals surface area (Å²) in [5.74, 6) is 0. The average molecular weight is 406 g/mol. The minimum Gasteiger partial charge on any atom is -0.244 e. The molecule has 0 unspecified atom stereocenters. The van der Waals surface area contributed by atoms with Crippen molar-refractivity contribution in [3.63, 3.8) is 0 Å². The molecule has 0 spiro atoms. The van der Waals surface area contributed by atoms with E-state index in [1.54, 1.807) is 0 Å². The number of fused-ring (bicyclic) bond motifs is 8. The number of hydrogen-bond acceptors (Lipinski definition) is 4. The summed E-state index contributed by atoms with van der Waals surface area (Å²) >= 11 is 0. The number of nitrogens with zero attached hydrogens (tertiary/aromatic N) is 4. The van der Waals surface area contributed by atoms with Crippen LogP contribution >= 0.6 is 0 Å². The SMILES string of the molecule is c1ccc2c3c4c(cccc4cc2c1)-c1nc2cc4nc5ccccc5nc4cc2nc1-3. The second-order valence-corrected chi connectivity index (χ2v) is 8.34. The number of benzene rings is 5. The maximum atomic E-state index is 5.15. The molecule has 7 aromatic rings. The lowest BCUT2D eigenvalue weighted by Gasteiger charge is -2.08. The van der Waals surface area contributed by atoms with E-state index in [-0.39, 0.29) is 0 Å². The summed E-state index contributed by atoms with van der Waals surface area (Å²) in [5, 5.41) is 4.90. The van der Waals surface area contributed by atoms with Crippen molar-refractivity contribution in [1.29, 1.82) is 0 Å². The van der Waals surface area contributed by atoms with Crippen LogP contribution in [-0.2, 0) is 0 Å². The Hall–Kier alpha value is -4.44. The Bertz CT molecular complexity index is 1940. The zero-order valence-electron chi connectivity index (χ0n) is 16.9. The molecule has 4 heteroatoms. The lowest BCUT2D eigenvalue weighted by Crippen LogP contribution is -1.93. The van der Waals surface area contributed by atoms with Crippen LogP contribution in [0, 0.1) is 0 Å². The van der Waals surface area contributed by atoms with Crippen molar-refractivity contribution in [2.24, 2.45) is 0 Å². The minimum absolute atomic E-state index is 0.837. The minimum atomic E-state index is 0.837. The Kier molecular flexibility index (Phi) is 2.86. The first-order valence-electron chi connectivity index (χ1n) is 10.7. The van der Waals surface area contributed by atoms with Gasteiger partial charge in [0.15, 0.2) is 0 Å². The van der Waals surface area contributed by atoms with Gasteiger partial charge in [-0.1, -0.05) is 54.6 Å². The molecule has 0 saturated carbocycles. The van der Waals surface area contributed by atoms with Gasteiger partial charge in [-0.05, 0) is 46.5 Å². The van der Waals surface area contributed by atoms with Crippen LogP contribution in [0.25, 0.3) is 77.2 Å². The molecule has 0 atom stereocenters. The van der Waals surface area contributed by atoms with Crippen LogP contribution < -0.4 is 0 Å². The molecule has 0 radical (unpaired) electrons. The summed E-state index contributed by atoms with van der Waals surface area (Å²) < 4.78 is 0. The van der Waals surface area contributed by atoms with E-state index in [9.17, 15) is 0 Å². The van der Waals surface area contributed by atoms with Crippen molar-refractivity contribution in [2.75, 3.05) is 0 Å². The molecule has 146 valence electrons. The third-order valence-corrected chi connectivity index (χ3v) is 6.50. The largest absolute Gasteiger partial charge is 0.244 e. The highest BCUT2D eigenvalue weighted by molar-refractivity contribution is 6.23. The molecule has 2 heterocycles. The molecule has 0 amide bonds. The number of rotatable bonds is 0. The van der Waals surface area contributed by atoms with Gasteiger partial charge in [0.05, 0.1) is 44.5 Å². The molecule has 1 aliphatic rings. The van der Waals surface area contributed by atoms with Crippen molar-refractivity contribution >= 4 is 54.6 Å². The smallest absolute Gasteiger partial charge is 0.0986 e. The van der Waals surface area contributed by atoms with Gasteiger partial charge in [-0.15, -0.1) is 0 Å². The molecule has 0 bridgehead atoms. The van der Waals surface area contributed by atoms with Crippen LogP contribution in [-0.4, -0.2) is 19.9 Å². The van der Waals surface area contributed by atoms with Gasteiger partial charge < -0.3 is 0 Å². The Morgan fingerprint density at radius 3 is 1.84 bits per heavy atom. The molecule has 0 aliphatic heterocycles. The predicted octanol–water partition coefficient (Wildman–Crippen LogP) is 6.68. The molecule has 1 aliphatic carbocycles. The van der Waals surface area contributed by atoms with Crippen LogP contribution in [0.3, 0.4) is 0 Å². The van der Waals surface area contributed by atoms with E-state index in [0.717, 1.165) is 50.1 Å². The molecule has 4 nitrogen and oxygen atoms in total. The van der Waals surface area contributed by atoms with Crippen molar-refractivity contribution in [2.45, 2.75) is 0 Å². The van der Waals surface area contributed by atoms with E-state index >= 15 is 0 Å². The molecule has 32 heavy (non-hydrogen) atoms. The molecule has 8 rings (SSSR count). The first-order valence-corrected chi connectivity index (χ1v) is 10.7. The van der Waals surface area contributed by atoms with E-state index in [1.165, 1.54) is 27.1 Å². The lowest BCUT2D eigenvalue weighted by atomic mass is 9.97. The third-order valence-electron chi connectivity index (χ3n) is 6.50.